The van der Waals surface area contributed by atoms with Gasteiger partial charge in [0.15, 0.2) is 11.6 Å². The summed E-state index contributed by atoms with van der Waals surface area (Å²) < 4.78 is 2.49. The predicted molar refractivity (Wildman–Crippen MR) is 348 cm³/mol. The maximum Gasteiger partial charge on any atom is 0.348 e. The van der Waals surface area contributed by atoms with Crippen molar-refractivity contribution in [1.29, 1.82) is 0 Å². The first kappa shape index (κ1) is 76.5. The molecule has 1 saturated heterocycles. The zero-order chi connectivity index (χ0) is 69.0. The van der Waals surface area contributed by atoms with Crippen LogP contribution in [0.3, 0.4) is 0 Å². The molecule has 1 radical (unpaired) electrons. The van der Waals surface area contributed by atoms with Crippen LogP contribution in [0.4, 0.5) is 0 Å². The summed E-state index contributed by atoms with van der Waals surface area (Å²) in [5.41, 5.74) is 1.61. The Kier molecular flexibility index (Phi) is 29.1. The van der Waals surface area contributed by atoms with Crippen molar-refractivity contribution < 1.29 is 111 Å². The van der Waals surface area contributed by atoms with Gasteiger partial charge >= 0.3 is 35.3 Å². The molecular weight excluding hydrogens is 1410 g/mol. The normalized spacial score (nSPS) is 14.2. The summed E-state index contributed by atoms with van der Waals surface area (Å²) in [5, 5.41) is 101. The van der Waals surface area contributed by atoms with Crippen molar-refractivity contribution in [1.82, 2.24) is 64.7 Å². The second kappa shape index (κ2) is 36.6. The van der Waals surface area contributed by atoms with Crippen molar-refractivity contribution in [3.8, 4) is 57.1 Å². The molecule has 96 heavy (non-hydrogen) atoms. The number of carboxylic acids is 4. The summed E-state index contributed by atoms with van der Waals surface area (Å²) in [7, 11) is 0. The Morgan fingerprint density at radius 1 is 0.510 bits per heavy atom. The number of hydrogen-bond donors (Lipinski definition) is 12. The van der Waals surface area contributed by atoms with E-state index in [1.807, 2.05) is 27.7 Å². The molecule has 0 spiro atoms. The second-order valence-electron chi connectivity index (χ2n) is 24.1. The molecule has 2 aromatic heterocycles. The van der Waals surface area contributed by atoms with Crippen LogP contribution in [0.5, 0.6) is 23.0 Å². The van der Waals surface area contributed by atoms with E-state index in [-0.39, 0.29) is 216 Å². The number of rotatable bonds is 32. The number of Topliss-reactive ketones (excluding diaryl/α,β-unsaturated/α-hetero) is 1. The third-order valence-corrected chi connectivity index (χ3v) is 16.6. The Labute approximate surface area is 582 Å². The quantitative estimate of drug-likeness (QED) is 0.0269. The number of aliphatic carboxylic acids is 4. The summed E-state index contributed by atoms with van der Waals surface area (Å²) >= 11 is 0. The average Bonchev–Trinajstić information content (AvgIpc) is 1.55. The number of aromatic hydroxyl groups is 4. The first-order valence-electron chi connectivity index (χ1n) is 31.6. The minimum Gasteiger partial charge on any atom is -0.508 e. The molecule has 1 aliphatic rings. The Bertz CT molecular complexity index is 3560. The van der Waals surface area contributed by atoms with Crippen molar-refractivity contribution >= 4 is 41.5 Å². The number of nitrogens with one attached hydrogen (secondary N) is 4. The van der Waals surface area contributed by atoms with Crippen LogP contribution in [0.2, 0.25) is 0 Å². The Hall–Kier alpha value is -8.52. The van der Waals surface area contributed by atoms with E-state index in [1.165, 1.54) is 21.3 Å². The SMILES string of the molecule is CC(C)c1cc(-c2n[nH]c(=O)n2-c2ccc(C(=O)NCCCN(CCCCC(=O)CC[C@H](C(=O)O)N3CCN(CC(=O)O)CCN(CC(=O)O)CCN(CC(=O)O)CC3)CCCNC(=O)c3ccc(-n4c(-c5cc(C(C)C)c(O)cc5O)n[nH]c4=O)cc3)cc2)c(O)cc1O.[Lu]. The number of nitrogens with zero attached hydrogens (tertiary/aromatic N) is 9. The van der Waals surface area contributed by atoms with E-state index < -0.39 is 41.3 Å². The zero-order valence-electron chi connectivity index (χ0n) is 54.0. The number of carbonyl (C=O) groups is 7. The van der Waals surface area contributed by atoms with Crippen molar-refractivity contribution in [3.05, 3.63) is 116 Å². The van der Waals surface area contributed by atoms with Crippen LogP contribution in [0.1, 0.15) is 116 Å². The van der Waals surface area contributed by atoms with E-state index in [0.29, 0.717) is 78.9 Å². The first-order chi connectivity index (χ1) is 45.3. The number of unbranched alkanes of at least 4 members (excludes halogenated alkanes) is 1. The topological polar surface area (TPSA) is 423 Å². The number of H-pyrrole nitrogens is 2. The number of amides is 2. The van der Waals surface area contributed by atoms with Crippen LogP contribution in [-0.4, -0.2) is 247 Å². The van der Waals surface area contributed by atoms with E-state index in [2.05, 4.69) is 35.9 Å². The maximum atomic E-state index is 13.5. The van der Waals surface area contributed by atoms with E-state index >= 15 is 0 Å². The fraction of sp³-hybridized carbons (Fsp3) is 0.462. The molecule has 31 heteroatoms. The minimum absolute atomic E-state index is 0. The standard InChI is InChI=1S/C65H85N13O17.Lu/c1-40(2)47-33-49(54(82)35-52(47)80)59-68-70-64(94)77(59)44-14-10-42(11-15-44)61(90)66-20-7-23-72(24-8-21-67-62(91)43-12-16-45(17-13-43)78-60(69-71-65(78)95)50-34-48(41(3)4)53(81)36-55(50)83)22-6-5-9-46(79)18-19-51(63(92)93)76-31-29-74(38-57(86)87)27-25-73(37-56(84)85)26-28-75(30-32-76)39-58(88)89;/h10-17,33-36,40-41,51,80-83H,5-9,18-32,37-39H2,1-4H3,(H,66,90)(H,67,91)(H,70,94)(H,71,95)(H,84,85)(H,86,87)(H,88,89)(H,92,93);/t51-;/m1./s1. The molecule has 7 rings (SSSR count). The number of carboxylic acid groups (broad SMARTS) is 4. The Balaban J connectivity index is 0.0000146. The second-order valence-corrected chi connectivity index (χ2v) is 24.1. The van der Waals surface area contributed by atoms with Crippen LogP contribution in [0.25, 0.3) is 34.2 Å². The number of benzene rings is 4. The molecule has 1 atom stereocenters. The molecule has 3 heterocycles. The Morgan fingerprint density at radius 2 is 0.885 bits per heavy atom. The van der Waals surface area contributed by atoms with E-state index in [9.17, 15) is 84.0 Å². The number of carbonyl (C=O) groups excluding carboxylic acids is 3. The van der Waals surface area contributed by atoms with Crippen molar-refractivity contribution in [2.45, 2.75) is 90.5 Å². The van der Waals surface area contributed by atoms with Gasteiger partial charge in [-0.2, -0.15) is 10.2 Å². The van der Waals surface area contributed by atoms with Crippen LogP contribution in [-0.2, 0) is 24.0 Å². The molecule has 527 valence electrons. The summed E-state index contributed by atoms with van der Waals surface area (Å²) in [4.78, 5) is 123. The molecule has 0 bridgehead atoms. The van der Waals surface area contributed by atoms with Crippen LogP contribution in [0, 0.1) is 36.9 Å². The largest absolute Gasteiger partial charge is 0.508 e. The fourth-order valence-corrected chi connectivity index (χ4v) is 11.4. The van der Waals surface area contributed by atoms with E-state index in [1.54, 1.807) is 80.3 Å². The number of aromatic nitrogens is 6. The number of phenolic OH excluding ortho intramolecular Hbond substituents is 4. The van der Waals surface area contributed by atoms with E-state index in [0.717, 1.165) is 0 Å². The van der Waals surface area contributed by atoms with Gasteiger partial charge in [-0.15, -0.1) is 0 Å². The minimum atomic E-state index is -1.20. The van der Waals surface area contributed by atoms with Crippen molar-refractivity contribution in [3.63, 3.8) is 0 Å². The van der Waals surface area contributed by atoms with Crippen LogP contribution < -0.4 is 22.0 Å². The van der Waals surface area contributed by atoms with Gasteiger partial charge < -0.3 is 56.4 Å². The van der Waals surface area contributed by atoms with Crippen molar-refractivity contribution in [2.75, 3.05) is 105 Å². The summed E-state index contributed by atoms with van der Waals surface area (Å²) in [6.07, 6.45) is 1.99. The van der Waals surface area contributed by atoms with Gasteiger partial charge in [0, 0.05) is 138 Å². The molecular formula is C65H85LuN13O17. The maximum absolute atomic E-state index is 13.5. The third-order valence-electron chi connectivity index (χ3n) is 16.6. The molecule has 30 nitrogen and oxygen atoms in total. The first-order valence-corrected chi connectivity index (χ1v) is 31.6. The van der Waals surface area contributed by atoms with Crippen molar-refractivity contribution in [2.24, 2.45) is 0 Å². The van der Waals surface area contributed by atoms with Gasteiger partial charge in [0.1, 0.15) is 34.8 Å². The van der Waals surface area contributed by atoms with Gasteiger partial charge in [-0.25, -0.2) is 28.9 Å². The monoisotopic (exact) mass is 1490 g/mol. The van der Waals surface area contributed by atoms with Gasteiger partial charge in [-0.1, -0.05) is 27.7 Å². The summed E-state index contributed by atoms with van der Waals surface area (Å²) in [5.74, 6) is -6.32. The van der Waals surface area contributed by atoms with Crippen LogP contribution in [0.15, 0.2) is 82.4 Å². The molecule has 0 unspecified atom stereocenters. The summed E-state index contributed by atoms with van der Waals surface area (Å²) in [6, 6.07) is 16.8. The molecule has 6 aromatic rings. The van der Waals surface area contributed by atoms with Gasteiger partial charge in [-0.05, 0) is 135 Å². The predicted octanol–water partition coefficient (Wildman–Crippen LogP) is 3.53. The Morgan fingerprint density at radius 3 is 1.25 bits per heavy atom. The summed E-state index contributed by atoms with van der Waals surface area (Å²) in [6.45, 7) is 9.39. The molecule has 0 saturated carbocycles. The van der Waals surface area contributed by atoms with Gasteiger partial charge in [0.05, 0.1) is 42.1 Å². The smallest absolute Gasteiger partial charge is 0.348 e. The average molecular weight is 1500 g/mol. The number of ketones is 1. The van der Waals surface area contributed by atoms with E-state index in [4.69, 9.17) is 0 Å². The van der Waals surface area contributed by atoms with Crippen LogP contribution >= 0.6 is 0 Å². The molecule has 4 aromatic carbocycles. The molecule has 0 aliphatic carbocycles. The molecule has 2 amide bonds. The van der Waals surface area contributed by atoms with Gasteiger partial charge in [0.2, 0.25) is 0 Å². The number of aromatic amines is 2. The van der Waals surface area contributed by atoms with Gasteiger partial charge in [-0.3, -0.25) is 53.2 Å². The zero-order valence-corrected chi connectivity index (χ0v) is 55.6. The molecule has 1 fully saturated rings. The third kappa shape index (κ3) is 21.8. The number of phenols is 4. The molecule has 1 aliphatic heterocycles. The fourth-order valence-electron chi connectivity index (χ4n) is 11.4. The molecule has 12 N–H and O–H groups in total. The number of hydrogen-bond acceptors (Lipinski definition) is 20. The van der Waals surface area contributed by atoms with Gasteiger partial charge in [0.25, 0.3) is 11.8 Å².